The minimum Gasteiger partial charge on any atom is -0.497 e. The average Bonchev–Trinajstić information content (AvgIpc) is 2.63. The van der Waals surface area contributed by atoms with Crippen LogP contribution >= 0.6 is 0 Å². The summed E-state index contributed by atoms with van der Waals surface area (Å²) < 4.78 is 10.7. The molecular weight excluding hydrogens is 332 g/mol. The van der Waals surface area contributed by atoms with Crippen LogP contribution in [0.5, 0.6) is 11.5 Å². The minimum absolute atomic E-state index is 0.149. The van der Waals surface area contributed by atoms with Gasteiger partial charge in [-0.1, -0.05) is 18.2 Å². The van der Waals surface area contributed by atoms with Gasteiger partial charge in [-0.3, -0.25) is 20.4 Å². The number of nitrogens with one attached hydrogen (secondary N) is 2. The quantitative estimate of drug-likeness (QED) is 0.780. The second-order valence-corrected chi connectivity index (χ2v) is 6.07. The number of methoxy groups -OCH3 is 1. The van der Waals surface area contributed by atoms with Crippen molar-refractivity contribution in [3.8, 4) is 11.5 Å². The lowest BCUT2D eigenvalue weighted by Crippen LogP contribution is -2.47. The Bertz CT molecular complexity index is 772. The molecule has 0 saturated carbocycles. The summed E-state index contributed by atoms with van der Waals surface area (Å²) in [4.78, 5) is 24.0. The van der Waals surface area contributed by atoms with Crippen molar-refractivity contribution in [3.63, 3.8) is 0 Å². The number of hydrazine groups is 1. The van der Waals surface area contributed by atoms with Crippen LogP contribution in [0, 0.1) is 13.8 Å². The predicted molar refractivity (Wildman–Crippen MR) is 99.0 cm³/mol. The summed E-state index contributed by atoms with van der Waals surface area (Å²) in [6, 6.07) is 12.8. The molecule has 0 heterocycles. The highest BCUT2D eigenvalue weighted by Crippen LogP contribution is 2.17. The van der Waals surface area contributed by atoms with Crippen molar-refractivity contribution in [1.82, 2.24) is 10.9 Å². The number of aryl methyl sites for hydroxylation is 2. The van der Waals surface area contributed by atoms with Gasteiger partial charge in [0.05, 0.1) is 13.5 Å². The van der Waals surface area contributed by atoms with Crippen LogP contribution in [-0.2, 0) is 16.0 Å². The Morgan fingerprint density at radius 3 is 2.23 bits per heavy atom. The molecule has 26 heavy (non-hydrogen) atoms. The molecule has 0 spiro atoms. The molecule has 1 unspecified atom stereocenters. The molecule has 2 rings (SSSR count). The molecule has 2 amide bonds. The molecule has 1 atom stereocenters. The van der Waals surface area contributed by atoms with Crippen molar-refractivity contribution < 1.29 is 19.1 Å². The molecule has 0 saturated heterocycles. The summed E-state index contributed by atoms with van der Waals surface area (Å²) in [5.41, 5.74) is 7.84. The van der Waals surface area contributed by atoms with Gasteiger partial charge in [0, 0.05) is 0 Å². The SMILES string of the molecule is COc1ccc(CC(=O)NNC(=O)C(C)Oc2ccc(C)c(C)c2)cc1. The highest BCUT2D eigenvalue weighted by molar-refractivity contribution is 5.85. The Balaban J connectivity index is 1.80. The van der Waals surface area contributed by atoms with Crippen LogP contribution in [0.3, 0.4) is 0 Å². The molecule has 0 fully saturated rings. The van der Waals surface area contributed by atoms with E-state index in [-0.39, 0.29) is 12.3 Å². The standard InChI is InChI=1S/C20H24N2O4/c1-13-5-8-18(11-14(13)2)26-15(3)20(24)22-21-19(23)12-16-6-9-17(25-4)10-7-16/h5-11,15H,12H2,1-4H3,(H,21,23)(H,22,24). The maximum atomic E-state index is 12.1. The highest BCUT2D eigenvalue weighted by atomic mass is 16.5. The molecule has 0 aliphatic heterocycles. The molecule has 0 radical (unpaired) electrons. The Kier molecular flexibility index (Phi) is 6.60. The Hall–Kier alpha value is -3.02. The van der Waals surface area contributed by atoms with E-state index in [0.29, 0.717) is 5.75 Å². The topological polar surface area (TPSA) is 76.7 Å². The zero-order chi connectivity index (χ0) is 19.1. The van der Waals surface area contributed by atoms with Gasteiger partial charge in [0.15, 0.2) is 6.10 Å². The number of hydrogen-bond acceptors (Lipinski definition) is 4. The third-order valence-corrected chi connectivity index (χ3v) is 4.01. The molecule has 2 aromatic carbocycles. The second kappa shape index (κ2) is 8.89. The van der Waals surface area contributed by atoms with E-state index in [0.717, 1.165) is 22.4 Å². The number of amides is 2. The van der Waals surface area contributed by atoms with Crippen molar-refractivity contribution in [3.05, 3.63) is 59.2 Å². The van der Waals surface area contributed by atoms with Gasteiger partial charge in [-0.15, -0.1) is 0 Å². The summed E-state index contributed by atoms with van der Waals surface area (Å²) in [5.74, 6) is 0.591. The van der Waals surface area contributed by atoms with Crippen LogP contribution in [0.1, 0.15) is 23.6 Å². The van der Waals surface area contributed by atoms with Crippen LogP contribution in [0.2, 0.25) is 0 Å². The van der Waals surface area contributed by atoms with Gasteiger partial charge in [0.1, 0.15) is 11.5 Å². The lowest BCUT2D eigenvalue weighted by atomic mass is 10.1. The summed E-state index contributed by atoms with van der Waals surface area (Å²) in [5, 5.41) is 0. The first-order chi connectivity index (χ1) is 12.4. The third-order valence-electron chi connectivity index (χ3n) is 4.01. The molecule has 2 N–H and O–H groups in total. The highest BCUT2D eigenvalue weighted by Gasteiger charge is 2.15. The fourth-order valence-electron chi connectivity index (χ4n) is 2.25. The van der Waals surface area contributed by atoms with Gasteiger partial charge in [-0.2, -0.15) is 0 Å². The fraction of sp³-hybridized carbons (Fsp3) is 0.300. The van der Waals surface area contributed by atoms with Crippen LogP contribution < -0.4 is 20.3 Å². The van der Waals surface area contributed by atoms with E-state index in [2.05, 4.69) is 10.9 Å². The van der Waals surface area contributed by atoms with Crippen LogP contribution in [0.25, 0.3) is 0 Å². The van der Waals surface area contributed by atoms with Crippen LogP contribution in [0.4, 0.5) is 0 Å². The summed E-state index contributed by atoms with van der Waals surface area (Å²) in [7, 11) is 1.58. The number of hydrogen-bond donors (Lipinski definition) is 2. The van der Waals surface area contributed by atoms with Gasteiger partial charge in [0.25, 0.3) is 5.91 Å². The minimum atomic E-state index is -0.738. The summed E-state index contributed by atoms with van der Waals surface area (Å²) in [6.45, 7) is 5.61. The van der Waals surface area contributed by atoms with E-state index in [4.69, 9.17) is 9.47 Å². The molecule has 6 heteroatoms. The van der Waals surface area contributed by atoms with Gasteiger partial charge in [-0.25, -0.2) is 0 Å². The van der Waals surface area contributed by atoms with Crippen LogP contribution in [0.15, 0.2) is 42.5 Å². The van der Waals surface area contributed by atoms with Gasteiger partial charge in [0.2, 0.25) is 5.91 Å². The van der Waals surface area contributed by atoms with E-state index in [1.54, 1.807) is 38.3 Å². The molecule has 0 aliphatic carbocycles. The van der Waals surface area contributed by atoms with E-state index in [9.17, 15) is 9.59 Å². The second-order valence-electron chi connectivity index (χ2n) is 6.07. The third kappa shape index (κ3) is 5.51. The number of carbonyl (C=O) groups is 2. The maximum Gasteiger partial charge on any atom is 0.279 e. The Morgan fingerprint density at radius 1 is 0.962 bits per heavy atom. The van der Waals surface area contributed by atoms with Gasteiger partial charge in [-0.05, 0) is 61.7 Å². The lowest BCUT2D eigenvalue weighted by Gasteiger charge is -2.16. The first kappa shape index (κ1) is 19.3. The van der Waals surface area contributed by atoms with Crippen molar-refractivity contribution in [2.45, 2.75) is 33.3 Å². The van der Waals surface area contributed by atoms with E-state index < -0.39 is 12.0 Å². The normalized spacial score (nSPS) is 11.4. The lowest BCUT2D eigenvalue weighted by molar-refractivity contribution is -0.132. The summed E-state index contributed by atoms with van der Waals surface area (Å²) in [6.07, 6.45) is -0.588. The fourth-order valence-corrected chi connectivity index (χ4v) is 2.25. The molecular formula is C20H24N2O4. The van der Waals surface area contributed by atoms with Gasteiger partial charge >= 0.3 is 0 Å². The van der Waals surface area contributed by atoms with Gasteiger partial charge < -0.3 is 9.47 Å². The summed E-state index contributed by atoms with van der Waals surface area (Å²) >= 11 is 0. The Morgan fingerprint density at radius 2 is 1.62 bits per heavy atom. The Labute approximate surface area is 153 Å². The average molecular weight is 356 g/mol. The van der Waals surface area contributed by atoms with Crippen molar-refractivity contribution >= 4 is 11.8 Å². The molecule has 0 bridgehead atoms. The first-order valence-electron chi connectivity index (χ1n) is 8.34. The molecule has 6 nitrogen and oxygen atoms in total. The van der Waals surface area contributed by atoms with E-state index >= 15 is 0 Å². The zero-order valence-electron chi connectivity index (χ0n) is 15.5. The van der Waals surface area contributed by atoms with E-state index in [1.807, 2.05) is 32.0 Å². The number of rotatable bonds is 6. The smallest absolute Gasteiger partial charge is 0.279 e. The van der Waals surface area contributed by atoms with Crippen LogP contribution in [-0.4, -0.2) is 25.0 Å². The zero-order valence-corrected chi connectivity index (χ0v) is 15.5. The van der Waals surface area contributed by atoms with Crippen molar-refractivity contribution in [2.24, 2.45) is 0 Å². The number of ether oxygens (including phenoxy) is 2. The molecule has 138 valence electrons. The van der Waals surface area contributed by atoms with Crippen molar-refractivity contribution in [1.29, 1.82) is 0 Å². The van der Waals surface area contributed by atoms with Crippen molar-refractivity contribution in [2.75, 3.05) is 7.11 Å². The molecule has 2 aromatic rings. The largest absolute Gasteiger partial charge is 0.497 e. The first-order valence-corrected chi connectivity index (χ1v) is 8.34. The number of benzene rings is 2. The predicted octanol–water partition coefficient (Wildman–Crippen LogP) is 2.47. The number of carbonyl (C=O) groups excluding carboxylic acids is 2. The monoisotopic (exact) mass is 356 g/mol. The molecule has 0 aromatic heterocycles. The molecule has 0 aliphatic rings. The van der Waals surface area contributed by atoms with E-state index in [1.165, 1.54) is 0 Å². The maximum absolute atomic E-state index is 12.1.